The molecule has 0 radical (unpaired) electrons. The molecule has 0 spiro atoms. The molecular weight excluding hydrogens is 300 g/mol. The average molecular weight is 324 g/mol. The van der Waals surface area contributed by atoms with Gasteiger partial charge in [0.15, 0.2) is 0 Å². The van der Waals surface area contributed by atoms with Crippen LogP contribution in [0.4, 0.5) is 0 Å². The number of likely N-dealkylation sites (tertiary alicyclic amines) is 1. The molecule has 1 N–H and O–H groups in total. The van der Waals surface area contributed by atoms with E-state index in [0.29, 0.717) is 0 Å². The van der Waals surface area contributed by atoms with E-state index in [1.54, 1.807) is 0 Å². The lowest BCUT2D eigenvalue weighted by Gasteiger charge is -2.33. The van der Waals surface area contributed by atoms with Crippen molar-refractivity contribution in [1.29, 1.82) is 0 Å². The molecule has 2 aromatic heterocycles. The normalized spacial score (nSPS) is 19.4. The number of aromatic amines is 1. The molecule has 3 heterocycles. The van der Waals surface area contributed by atoms with Crippen LogP contribution in [0.2, 0.25) is 0 Å². The highest BCUT2D eigenvalue weighted by atomic mass is 32.1. The molecule has 3 aromatic rings. The third-order valence-electron chi connectivity index (χ3n) is 5.18. The molecule has 1 aliphatic rings. The van der Waals surface area contributed by atoms with Crippen molar-refractivity contribution < 1.29 is 0 Å². The van der Waals surface area contributed by atoms with Crippen LogP contribution in [-0.4, -0.2) is 29.0 Å². The van der Waals surface area contributed by atoms with Crippen molar-refractivity contribution in [2.45, 2.75) is 38.6 Å². The number of nitrogens with one attached hydrogen (secondary N) is 1. The summed E-state index contributed by atoms with van der Waals surface area (Å²) in [6, 6.07) is 11.9. The van der Waals surface area contributed by atoms with Crippen LogP contribution < -0.4 is 0 Å². The Hall–Kier alpha value is -1.58. The van der Waals surface area contributed by atoms with Gasteiger partial charge in [-0.15, -0.1) is 11.3 Å². The summed E-state index contributed by atoms with van der Waals surface area (Å²) in [5.41, 5.74) is 4.04. The summed E-state index contributed by atoms with van der Waals surface area (Å²) in [4.78, 5) is 7.45. The third-order valence-corrected chi connectivity index (χ3v) is 6.10. The quantitative estimate of drug-likeness (QED) is 0.689. The summed E-state index contributed by atoms with van der Waals surface area (Å²) >= 11 is 1.81. The fraction of sp³-hybridized carbons (Fsp3) is 0.400. The van der Waals surface area contributed by atoms with E-state index in [4.69, 9.17) is 0 Å². The first-order valence-corrected chi connectivity index (χ1v) is 9.57. The lowest BCUT2D eigenvalue weighted by atomic mass is 10.0. The molecule has 23 heavy (non-hydrogen) atoms. The van der Waals surface area contributed by atoms with Gasteiger partial charge in [-0.25, -0.2) is 0 Å². The average Bonchev–Trinajstić information content (AvgIpc) is 3.23. The molecule has 120 valence electrons. The highest BCUT2D eigenvalue weighted by Gasteiger charge is 2.18. The first kappa shape index (κ1) is 15.0. The lowest BCUT2D eigenvalue weighted by molar-refractivity contribution is 0.163. The second kappa shape index (κ2) is 6.50. The number of fused-ring (bicyclic) bond motifs is 1. The molecule has 1 aliphatic heterocycles. The van der Waals surface area contributed by atoms with Gasteiger partial charge >= 0.3 is 0 Å². The minimum atomic E-state index is 0.746. The van der Waals surface area contributed by atoms with Gasteiger partial charge < -0.3 is 9.88 Å². The monoisotopic (exact) mass is 324 g/mol. The number of nitrogens with zero attached hydrogens (tertiary/aromatic N) is 1. The predicted octanol–water partition coefficient (Wildman–Crippen LogP) is 5.31. The van der Waals surface area contributed by atoms with E-state index < -0.39 is 0 Å². The van der Waals surface area contributed by atoms with Crippen molar-refractivity contribution in [2.24, 2.45) is 0 Å². The van der Waals surface area contributed by atoms with Crippen LogP contribution in [0.25, 0.3) is 21.3 Å². The molecule has 0 bridgehead atoms. The summed E-state index contributed by atoms with van der Waals surface area (Å²) in [6.07, 6.45) is 7.46. The van der Waals surface area contributed by atoms with Crippen molar-refractivity contribution >= 4 is 22.2 Å². The fourth-order valence-electron chi connectivity index (χ4n) is 3.74. The zero-order chi connectivity index (χ0) is 15.6. The Bertz CT molecular complexity index is 772. The lowest BCUT2D eigenvalue weighted by Crippen LogP contribution is -2.38. The second-order valence-corrected chi connectivity index (χ2v) is 7.63. The van der Waals surface area contributed by atoms with Gasteiger partial charge in [-0.2, -0.15) is 0 Å². The maximum absolute atomic E-state index is 3.44. The number of thiophene rings is 1. The summed E-state index contributed by atoms with van der Waals surface area (Å²) in [6.45, 7) is 4.82. The fourth-order valence-corrected chi connectivity index (χ4v) is 4.46. The highest BCUT2D eigenvalue weighted by molar-refractivity contribution is 7.13. The minimum Gasteiger partial charge on any atom is -0.361 e. The first-order valence-electron chi connectivity index (χ1n) is 8.69. The highest BCUT2D eigenvalue weighted by Crippen LogP contribution is 2.29. The van der Waals surface area contributed by atoms with Crippen LogP contribution >= 0.6 is 11.3 Å². The van der Waals surface area contributed by atoms with E-state index in [1.807, 2.05) is 11.3 Å². The summed E-state index contributed by atoms with van der Waals surface area (Å²) < 4.78 is 0. The molecule has 1 saturated heterocycles. The topological polar surface area (TPSA) is 19.0 Å². The van der Waals surface area contributed by atoms with Gasteiger partial charge in [-0.1, -0.05) is 18.6 Å². The Morgan fingerprint density at radius 2 is 2.22 bits per heavy atom. The molecule has 1 aromatic carbocycles. The van der Waals surface area contributed by atoms with E-state index >= 15 is 0 Å². The van der Waals surface area contributed by atoms with Gasteiger partial charge in [0.1, 0.15) is 0 Å². The van der Waals surface area contributed by atoms with E-state index in [9.17, 15) is 0 Å². The summed E-state index contributed by atoms with van der Waals surface area (Å²) in [5.74, 6) is 0. The Morgan fingerprint density at radius 3 is 3.04 bits per heavy atom. The molecule has 0 aliphatic carbocycles. The first-order chi connectivity index (χ1) is 11.3. The van der Waals surface area contributed by atoms with E-state index in [2.05, 4.69) is 58.7 Å². The maximum Gasteiger partial charge on any atom is 0.0457 e. The zero-order valence-electron chi connectivity index (χ0n) is 13.7. The van der Waals surface area contributed by atoms with Crippen molar-refractivity contribution in [3.8, 4) is 10.4 Å². The third kappa shape index (κ3) is 3.08. The number of benzene rings is 1. The van der Waals surface area contributed by atoms with Crippen molar-refractivity contribution in [3.63, 3.8) is 0 Å². The van der Waals surface area contributed by atoms with Gasteiger partial charge in [0.05, 0.1) is 0 Å². The standard InChI is InChI=1S/C20H24N2S/c1-15-5-2-3-10-22(15)11-9-17-14-21-19-8-7-16(13-18(17)19)20-6-4-12-23-20/h4,6-8,12-15,21H,2-3,5,9-11H2,1H3. The largest absolute Gasteiger partial charge is 0.361 e. The zero-order valence-corrected chi connectivity index (χ0v) is 14.5. The van der Waals surface area contributed by atoms with Crippen LogP contribution in [0.15, 0.2) is 41.9 Å². The van der Waals surface area contributed by atoms with Gasteiger partial charge in [-0.05, 0) is 67.4 Å². The maximum atomic E-state index is 3.44. The van der Waals surface area contributed by atoms with Crippen LogP contribution in [-0.2, 0) is 6.42 Å². The number of hydrogen-bond donors (Lipinski definition) is 1. The minimum absolute atomic E-state index is 0.746. The van der Waals surface area contributed by atoms with Crippen molar-refractivity contribution in [2.75, 3.05) is 13.1 Å². The predicted molar refractivity (Wildman–Crippen MR) is 100 cm³/mol. The van der Waals surface area contributed by atoms with Crippen molar-refractivity contribution in [1.82, 2.24) is 9.88 Å². The van der Waals surface area contributed by atoms with Gasteiger partial charge in [0, 0.05) is 34.6 Å². The molecule has 0 saturated carbocycles. The SMILES string of the molecule is CC1CCCCN1CCc1c[nH]c2ccc(-c3cccs3)cc12. The van der Waals surface area contributed by atoms with E-state index in [1.165, 1.54) is 59.3 Å². The molecule has 4 rings (SSSR count). The number of piperidine rings is 1. The Kier molecular flexibility index (Phi) is 4.23. The number of H-pyrrole nitrogens is 1. The van der Waals surface area contributed by atoms with E-state index in [-0.39, 0.29) is 0 Å². The molecule has 1 atom stereocenters. The smallest absolute Gasteiger partial charge is 0.0457 e. The van der Waals surface area contributed by atoms with Crippen LogP contribution in [0.1, 0.15) is 31.7 Å². The van der Waals surface area contributed by atoms with Gasteiger partial charge in [0.25, 0.3) is 0 Å². The van der Waals surface area contributed by atoms with Crippen LogP contribution in [0.5, 0.6) is 0 Å². The number of aromatic nitrogens is 1. The van der Waals surface area contributed by atoms with Crippen LogP contribution in [0.3, 0.4) is 0 Å². The Balaban J connectivity index is 1.56. The Morgan fingerprint density at radius 1 is 1.26 bits per heavy atom. The van der Waals surface area contributed by atoms with Crippen LogP contribution in [0, 0.1) is 0 Å². The van der Waals surface area contributed by atoms with Crippen molar-refractivity contribution in [3.05, 3.63) is 47.5 Å². The molecule has 3 heteroatoms. The second-order valence-electron chi connectivity index (χ2n) is 6.68. The molecule has 0 amide bonds. The molecule has 1 unspecified atom stereocenters. The molecule has 1 fully saturated rings. The molecular formula is C20H24N2S. The molecule has 2 nitrogen and oxygen atoms in total. The van der Waals surface area contributed by atoms with Gasteiger partial charge in [-0.3, -0.25) is 0 Å². The van der Waals surface area contributed by atoms with E-state index in [0.717, 1.165) is 12.5 Å². The number of rotatable bonds is 4. The summed E-state index contributed by atoms with van der Waals surface area (Å²) in [7, 11) is 0. The summed E-state index contributed by atoms with van der Waals surface area (Å²) in [5, 5.41) is 3.54. The van der Waals surface area contributed by atoms with Gasteiger partial charge in [0.2, 0.25) is 0 Å². The number of hydrogen-bond acceptors (Lipinski definition) is 2. The Labute approximate surface area is 142 Å².